The summed E-state index contributed by atoms with van der Waals surface area (Å²) in [6.45, 7) is 4.49. The molecule has 12 heteroatoms. The van der Waals surface area contributed by atoms with Gasteiger partial charge in [0.05, 0.1) is 29.1 Å². The van der Waals surface area contributed by atoms with Crippen LogP contribution in [0.15, 0.2) is 30.3 Å². The summed E-state index contributed by atoms with van der Waals surface area (Å²) < 4.78 is 67.2. The van der Waals surface area contributed by atoms with Crippen molar-refractivity contribution >= 4 is 27.5 Å². The van der Waals surface area contributed by atoms with E-state index in [1.165, 1.54) is 6.07 Å². The molecule has 49 heavy (non-hydrogen) atoms. The summed E-state index contributed by atoms with van der Waals surface area (Å²) in [6, 6.07) is 8.71. The molecular formula is C37H40F3N5O4. The van der Waals surface area contributed by atoms with Gasteiger partial charge in [-0.15, -0.1) is 0 Å². The van der Waals surface area contributed by atoms with Gasteiger partial charge < -0.3 is 29.5 Å². The van der Waals surface area contributed by atoms with Crippen LogP contribution in [0.25, 0.3) is 32.8 Å². The fourth-order valence-electron chi connectivity index (χ4n) is 9.56. The summed E-state index contributed by atoms with van der Waals surface area (Å²) in [5, 5.41) is 15.9. The zero-order valence-corrected chi connectivity index (χ0v) is 27.6. The van der Waals surface area contributed by atoms with E-state index in [0.717, 1.165) is 18.4 Å². The Balaban J connectivity index is 1.23. The predicted octanol–water partition coefficient (Wildman–Crippen LogP) is 5.53. The molecule has 4 saturated heterocycles. The monoisotopic (exact) mass is 675 g/mol. The third kappa shape index (κ3) is 4.85. The number of phenols is 1. The SMILES string of the molecule is CCc1cccc2cc(O)cc(-c3c(F)c4c5c(nc(OC[C@]67C[C@@H](F)CN6C[C@@H](COC)C7)nc5c3F)N3CC5CCC(N5)[C@H]3CO4)c12. The fraction of sp³-hybridized carbons (Fsp3) is 0.514. The molecule has 4 fully saturated rings. The number of aryl methyl sites for hydroxylation is 1. The van der Waals surface area contributed by atoms with Gasteiger partial charge in [0, 0.05) is 45.2 Å². The molecule has 2 bridgehead atoms. The van der Waals surface area contributed by atoms with Gasteiger partial charge in [0.15, 0.2) is 17.4 Å². The van der Waals surface area contributed by atoms with Crippen LogP contribution in [0.3, 0.4) is 0 Å². The highest BCUT2D eigenvalue weighted by Crippen LogP contribution is 2.49. The number of methoxy groups -OCH3 is 1. The standard InChI is InChI=1S/C37H40F3N5O4/c1-3-20-5-4-6-21-9-24(46)10-25(28(20)21)29-31(39)33-30-34(32(29)40)48-17-27-26-8-7-23(41-26)15-45(27)35(30)43-36(42-33)49-18-37-11-19(16-47-2)13-44(37)14-22(38)12-37/h4-6,9-10,19,22-23,26-27,41,46H,3,7-8,11-18H2,1-2H3/t19-,22+,23?,26?,27+,37-/m0/s1. The number of fused-ring (bicyclic) bond motifs is 7. The lowest BCUT2D eigenvalue weighted by Crippen LogP contribution is -2.60. The molecule has 4 aromatic rings. The summed E-state index contributed by atoms with van der Waals surface area (Å²) in [7, 11) is 1.67. The molecule has 5 aliphatic heterocycles. The molecule has 6 atom stereocenters. The van der Waals surface area contributed by atoms with Crippen LogP contribution in [-0.4, -0.2) is 96.4 Å². The number of rotatable bonds is 7. The van der Waals surface area contributed by atoms with Crippen LogP contribution >= 0.6 is 0 Å². The highest BCUT2D eigenvalue weighted by molar-refractivity contribution is 6.05. The molecule has 9 nitrogen and oxygen atoms in total. The number of nitrogens with zero attached hydrogens (tertiary/aromatic N) is 4. The lowest BCUT2D eigenvalue weighted by molar-refractivity contribution is 0.107. The third-order valence-corrected chi connectivity index (χ3v) is 11.6. The van der Waals surface area contributed by atoms with Crippen molar-refractivity contribution < 1.29 is 32.5 Å². The molecule has 3 aromatic carbocycles. The minimum absolute atomic E-state index is 0.0433. The second-order valence-corrected chi connectivity index (χ2v) is 14.6. The van der Waals surface area contributed by atoms with E-state index in [2.05, 4.69) is 20.1 Å². The summed E-state index contributed by atoms with van der Waals surface area (Å²) >= 11 is 0. The highest BCUT2D eigenvalue weighted by Gasteiger charge is 2.53. The van der Waals surface area contributed by atoms with Gasteiger partial charge in [-0.3, -0.25) is 4.90 Å². The van der Waals surface area contributed by atoms with Crippen molar-refractivity contribution in [2.24, 2.45) is 5.92 Å². The number of hydrogen-bond donors (Lipinski definition) is 2. The first-order valence-electron chi connectivity index (χ1n) is 17.4. The van der Waals surface area contributed by atoms with E-state index in [9.17, 15) is 9.50 Å². The Hall–Kier alpha value is -3.87. The Bertz CT molecular complexity index is 1980. The van der Waals surface area contributed by atoms with E-state index >= 15 is 8.78 Å². The van der Waals surface area contributed by atoms with Gasteiger partial charge in [-0.1, -0.05) is 25.1 Å². The number of piperazine rings is 1. The molecule has 258 valence electrons. The minimum atomic E-state index is -0.973. The van der Waals surface area contributed by atoms with E-state index < -0.39 is 23.3 Å². The zero-order chi connectivity index (χ0) is 33.6. The van der Waals surface area contributed by atoms with Crippen LogP contribution < -0.4 is 19.7 Å². The number of benzene rings is 3. The molecule has 0 spiro atoms. The maximum Gasteiger partial charge on any atom is 0.319 e. The summed E-state index contributed by atoms with van der Waals surface area (Å²) in [5.74, 6) is -1.33. The first kappa shape index (κ1) is 31.1. The van der Waals surface area contributed by atoms with Crippen LogP contribution in [0, 0.1) is 17.6 Å². The van der Waals surface area contributed by atoms with Gasteiger partial charge in [0.2, 0.25) is 0 Å². The van der Waals surface area contributed by atoms with Crippen LogP contribution in [0.1, 0.15) is 38.2 Å². The number of aromatic hydroxyl groups is 1. The second-order valence-electron chi connectivity index (χ2n) is 14.6. The molecule has 0 amide bonds. The van der Waals surface area contributed by atoms with Crippen molar-refractivity contribution in [3.63, 3.8) is 0 Å². The molecule has 5 aliphatic rings. The average molecular weight is 676 g/mol. The number of halogens is 3. The first-order chi connectivity index (χ1) is 23.8. The molecule has 2 N–H and O–H groups in total. The summed E-state index contributed by atoms with van der Waals surface area (Å²) in [6.07, 6.45) is 2.60. The third-order valence-electron chi connectivity index (χ3n) is 11.6. The Morgan fingerprint density at radius 2 is 1.96 bits per heavy atom. The lowest BCUT2D eigenvalue weighted by atomic mass is 9.90. The molecule has 2 unspecified atom stereocenters. The normalized spacial score (nSPS) is 28.9. The summed E-state index contributed by atoms with van der Waals surface area (Å²) in [4.78, 5) is 13.7. The van der Waals surface area contributed by atoms with Crippen molar-refractivity contribution in [2.45, 2.75) is 68.9 Å². The average Bonchev–Trinajstić information content (AvgIpc) is 3.68. The minimum Gasteiger partial charge on any atom is -0.508 e. The maximum absolute atomic E-state index is 17.3. The molecule has 6 heterocycles. The quantitative estimate of drug-likeness (QED) is 0.263. The van der Waals surface area contributed by atoms with E-state index in [-0.39, 0.29) is 76.8 Å². The van der Waals surface area contributed by atoms with Crippen LogP contribution in [0.5, 0.6) is 17.5 Å². The van der Waals surface area contributed by atoms with E-state index in [4.69, 9.17) is 19.2 Å². The van der Waals surface area contributed by atoms with Crippen molar-refractivity contribution in [1.82, 2.24) is 20.2 Å². The number of phenolic OH excluding ortho intramolecular Hbond substituents is 1. The Morgan fingerprint density at radius 3 is 2.80 bits per heavy atom. The van der Waals surface area contributed by atoms with Crippen molar-refractivity contribution in [1.29, 1.82) is 0 Å². The van der Waals surface area contributed by atoms with Gasteiger partial charge in [0.1, 0.15) is 36.5 Å². The molecule has 1 aromatic heterocycles. The van der Waals surface area contributed by atoms with E-state index in [0.29, 0.717) is 62.1 Å². The second kappa shape index (κ2) is 11.6. The van der Waals surface area contributed by atoms with Crippen molar-refractivity contribution in [3.05, 3.63) is 47.5 Å². The number of nitrogens with one attached hydrogen (secondary N) is 1. The van der Waals surface area contributed by atoms with Gasteiger partial charge >= 0.3 is 6.01 Å². The Morgan fingerprint density at radius 1 is 1.08 bits per heavy atom. The molecule has 0 aliphatic carbocycles. The molecule has 9 rings (SSSR count). The highest BCUT2D eigenvalue weighted by atomic mass is 19.1. The smallest absolute Gasteiger partial charge is 0.319 e. The number of aromatic nitrogens is 2. The summed E-state index contributed by atoms with van der Waals surface area (Å²) in [5.41, 5.74) is 0.123. The molecule has 0 saturated carbocycles. The molecule has 0 radical (unpaired) electrons. The first-order valence-corrected chi connectivity index (χ1v) is 17.4. The zero-order valence-electron chi connectivity index (χ0n) is 27.6. The number of hydrogen-bond acceptors (Lipinski definition) is 9. The Labute approximate surface area is 282 Å². The lowest BCUT2D eigenvalue weighted by Gasteiger charge is -2.40. The van der Waals surface area contributed by atoms with Gasteiger partial charge in [0.25, 0.3) is 0 Å². The number of anilines is 1. The van der Waals surface area contributed by atoms with Gasteiger partial charge in [-0.05, 0) is 65.6 Å². The van der Waals surface area contributed by atoms with Gasteiger partial charge in [-0.25, -0.2) is 13.2 Å². The number of ether oxygens (including phenoxy) is 3. The Kier molecular flexibility index (Phi) is 7.37. The van der Waals surface area contributed by atoms with Crippen molar-refractivity contribution in [3.8, 4) is 28.6 Å². The van der Waals surface area contributed by atoms with Crippen LogP contribution in [0.4, 0.5) is 19.0 Å². The predicted molar refractivity (Wildman–Crippen MR) is 179 cm³/mol. The molecular weight excluding hydrogens is 635 g/mol. The van der Waals surface area contributed by atoms with Crippen LogP contribution in [-0.2, 0) is 11.2 Å². The van der Waals surface area contributed by atoms with Crippen molar-refractivity contribution in [2.75, 3.05) is 51.5 Å². The number of alkyl halides is 1. The topological polar surface area (TPSA) is 92.2 Å². The largest absolute Gasteiger partial charge is 0.508 e. The van der Waals surface area contributed by atoms with Gasteiger partial charge in [-0.2, -0.15) is 9.97 Å². The van der Waals surface area contributed by atoms with Crippen LogP contribution in [0.2, 0.25) is 0 Å². The maximum atomic E-state index is 17.3. The van der Waals surface area contributed by atoms with E-state index in [1.54, 1.807) is 13.2 Å². The van der Waals surface area contributed by atoms with E-state index in [1.807, 2.05) is 25.1 Å². The fourth-order valence-corrected chi connectivity index (χ4v) is 9.56.